The largest absolute Gasteiger partial charge is 0.398 e. The van der Waals surface area contributed by atoms with Crippen LogP contribution in [0.2, 0.25) is 0 Å². The highest BCUT2D eigenvalue weighted by atomic mass is 32.2. The molecule has 5 nitrogen and oxygen atoms in total. The fourth-order valence-corrected chi connectivity index (χ4v) is 2.52. The lowest BCUT2D eigenvalue weighted by atomic mass is 10.2. The van der Waals surface area contributed by atoms with Crippen molar-refractivity contribution in [3.05, 3.63) is 48.3 Å². The highest BCUT2D eigenvalue weighted by Crippen LogP contribution is 2.24. The van der Waals surface area contributed by atoms with Crippen LogP contribution in [0, 0.1) is 5.82 Å². The van der Waals surface area contributed by atoms with Crippen LogP contribution in [-0.4, -0.2) is 15.5 Å². The van der Waals surface area contributed by atoms with Crippen molar-refractivity contribution >= 4 is 27.1 Å². The number of rotatable bonds is 4. The SMILES string of the molecule is CNS(=O)(=O)c1ccc(Nc2ccc(F)cc2)cc1N. The van der Waals surface area contributed by atoms with Gasteiger partial charge in [0.15, 0.2) is 0 Å². The van der Waals surface area contributed by atoms with Gasteiger partial charge in [-0.05, 0) is 49.5 Å². The van der Waals surface area contributed by atoms with Crippen molar-refractivity contribution in [3.63, 3.8) is 0 Å². The van der Waals surface area contributed by atoms with Crippen LogP contribution in [-0.2, 0) is 10.0 Å². The van der Waals surface area contributed by atoms with E-state index >= 15 is 0 Å². The molecule has 0 heterocycles. The number of anilines is 3. The Morgan fingerprint density at radius 2 is 1.65 bits per heavy atom. The van der Waals surface area contributed by atoms with Crippen molar-refractivity contribution in [1.29, 1.82) is 0 Å². The summed E-state index contributed by atoms with van der Waals surface area (Å²) in [6.45, 7) is 0. The van der Waals surface area contributed by atoms with Crippen molar-refractivity contribution < 1.29 is 12.8 Å². The monoisotopic (exact) mass is 295 g/mol. The summed E-state index contributed by atoms with van der Waals surface area (Å²) < 4.78 is 38.3. The predicted molar refractivity (Wildman–Crippen MR) is 76.8 cm³/mol. The summed E-state index contributed by atoms with van der Waals surface area (Å²) in [5.41, 5.74) is 7.16. The van der Waals surface area contributed by atoms with Crippen LogP contribution in [0.1, 0.15) is 0 Å². The minimum atomic E-state index is -3.58. The summed E-state index contributed by atoms with van der Waals surface area (Å²) >= 11 is 0. The molecule has 0 saturated carbocycles. The first-order valence-electron chi connectivity index (χ1n) is 5.78. The number of benzene rings is 2. The van der Waals surface area contributed by atoms with Crippen molar-refractivity contribution in [2.75, 3.05) is 18.1 Å². The van der Waals surface area contributed by atoms with E-state index in [1.165, 1.54) is 31.3 Å². The van der Waals surface area contributed by atoms with E-state index in [1.807, 2.05) is 0 Å². The van der Waals surface area contributed by atoms with Gasteiger partial charge in [-0.25, -0.2) is 17.5 Å². The molecule has 0 aliphatic rings. The first kappa shape index (κ1) is 14.3. The number of nitrogens with two attached hydrogens (primary N) is 1. The van der Waals surface area contributed by atoms with Crippen LogP contribution in [0.3, 0.4) is 0 Å². The Morgan fingerprint density at radius 3 is 2.20 bits per heavy atom. The second-order valence-corrected chi connectivity index (χ2v) is 5.95. The van der Waals surface area contributed by atoms with E-state index in [0.29, 0.717) is 11.4 Å². The topological polar surface area (TPSA) is 84.2 Å². The number of sulfonamides is 1. The van der Waals surface area contributed by atoms with E-state index in [4.69, 9.17) is 5.73 Å². The molecule has 2 aromatic rings. The van der Waals surface area contributed by atoms with Crippen molar-refractivity contribution in [1.82, 2.24) is 4.72 Å². The maximum Gasteiger partial charge on any atom is 0.242 e. The van der Waals surface area contributed by atoms with Gasteiger partial charge < -0.3 is 11.1 Å². The van der Waals surface area contributed by atoms with Gasteiger partial charge in [-0.1, -0.05) is 0 Å². The van der Waals surface area contributed by atoms with Crippen LogP contribution < -0.4 is 15.8 Å². The first-order chi connectivity index (χ1) is 9.42. The van der Waals surface area contributed by atoms with E-state index in [0.717, 1.165) is 0 Å². The molecule has 0 atom stereocenters. The van der Waals surface area contributed by atoms with Gasteiger partial charge in [-0.15, -0.1) is 0 Å². The molecule has 0 saturated heterocycles. The molecule has 0 unspecified atom stereocenters. The Morgan fingerprint density at radius 1 is 1.05 bits per heavy atom. The van der Waals surface area contributed by atoms with E-state index in [9.17, 15) is 12.8 Å². The third kappa shape index (κ3) is 3.06. The summed E-state index contributed by atoms with van der Waals surface area (Å²) in [6.07, 6.45) is 0. The lowest BCUT2D eigenvalue weighted by Crippen LogP contribution is -2.19. The van der Waals surface area contributed by atoms with Gasteiger partial charge in [0.2, 0.25) is 10.0 Å². The van der Waals surface area contributed by atoms with E-state index in [2.05, 4.69) is 10.0 Å². The minimum absolute atomic E-state index is 0.0182. The van der Waals surface area contributed by atoms with Crippen LogP contribution in [0.5, 0.6) is 0 Å². The van der Waals surface area contributed by atoms with Gasteiger partial charge >= 0.3 is 0 Å². The number of halogens is 1. The van der Waals surface area contributed by atoms with Gasteiger partial charge in [-0.2, -0.15) is 0 Å². The molecule has 2 aromatic carbocycles. The minimum Gasteiger partial charge on any atom is -0.398 e. The lowest BCUT2D eigenvalue weighted by molar-refractivity contribution is 0.588. The molecule has 0 aromatic heterocycles. The summed E-state index contributed by atoms with van der Waals surface area (Å²) in [5, 5.41) is 3.01. The number of hydrogen-bond donors (Lipinski definition) is 3. The van der Waals surface area contributed by atoms with E-state index in [1.54, 1.807) is 18.2 Å². The summed E-state index contributed by atoms with van der Waals surface area (Å²) in [6, 6.07) is 10.3. The molecule has 0 aliphatic carbocycles. The Balaban J connectivity index is 2.28. The summed E-state index contributed by atoms with van der Waals surface area (Å²) in [7, 11) is -2.26. The normalized spacial score (nSPS) is 11.3. The maximum atomic E-state index is 12.8. The molecule has 0 aliphatic heterocycles. The zero-order valence-corrected chi connectivity index (χ0v) is 11.5. The highest BCUT2D eigenvalue weighted by molar-refractivity contribution is 7.89. The molecule has 106 valence electrons. The molecule has 0 spiro atoms. The Kier molecular flexibility index (Phi) is 3.91. The van der Waals surface area contributed by atoms with E-state index < -0.39 is 10.0 Å². The van der Waals surface area contributed by atoms with Crippen molar-refractivity contribution in [2.45, 2.75) is 4.90 Å². The second kappa shape index (κ2) is 5.48. The first-order valence-corrected chi connectivity index (χ1v) is 7.26. The number of nitrogens with one attached hydrogen (secondary N) is 2. The fourth-order valence-electron chi connectivity index (χ4n) is 1.68. The molecular formula is C13H14FN3O2S. The Bertz CT molecular complexity index is 715. The molecule has 20 heavy (non-hydrogen) atoms. The van der Waals surface area contributed by atoms with E-state index in [-0.39, 0.29) is 16.4 Å². The molecule has 2 rings (SSSR count). The van der Waals surface area contributed by atoms with Gasteiger partial charge in [0.25, 0.3) is 0 Å². The third-order valence-corrected chi connectivity index (χ3v) is 4.19. The summed E-state index contributed by atoms with van der Waals surface area (Å²) in [5.74, 6) is -0.328. The molecule has 0 fully saturated rings. The quantitative estimate of drug-likeness (QED) is 0.754. The van der Waals surface area contributed by atoms with Gasteiger partial charge in [0, 0.05) is 11.4 Å². The van der Waals surface area contributed by atoms with Crippen LogP contribution in [0.15, 0.2) is 47.4 Å². The average Bonchev–Trinajstić information content (AvgIpc) is 2.41. The van der Waals surface area contributed by atoms with Gasteiger partial charge in [0.05, 0.1) is 5.69 Å². The highest BCUT2D eigenvalue weighted by Gasteiger charge is 2.15. The lowest BCUT2D eigenvalue weighted by Gasteiger charge is -2.10. The smallest absolute Gasteiger partial charge is 0.242 e. The Labute approximate surface area is 116 Å². The number of nitrogen functional groups attached to an aromatic ring is 1. The van der Waals surface area contributed by atoms with Crippen LogP contribution in [0.4, 0.5) is 21.5 Å². The zero-order valence-electron chi connectivity index (χ0n) is 10.7. The number of hydrogen-bond acceptors (Lipinski definition) is 4. The molecule has 0 amide bonds. The molecule has 0 radical (unpaired) electrons. The average molecular weight is 295 g/mol. The maximum absolute atomic E-state index is 12.8. The Hall–Kier alpha value is -2.12. The molecule has 4 N–H and O–H groups in total. The third-order valence-electron chi connectivity index (χ3n) is 2.70. The second-order valence-electron chi connectivity index (χ2n) is 4.09. The van der Waals surface area contributed by atoms with Gasteiger partial charge in [0.1, 0.15) is 10.7 Å². The standard InChI is InChI=1S/C13H14FN3O2S/c1-16-20(18,19)13-7-6-11(8-12(13)15)17-10-4-2-9(14)3-5-10/h2-8,16-17H,15H2,1H3. The fraction of sp³-hybridized carbons (Fsp3) is 0.0769. The van der Waals surface area contributed by atoms with Crippen LogP contribution >= 0.6 is 0 Å². The molecule has 0 bridgehead atoms. The zero-order chi connectivity index (χ0) is 14.8. The van der Waals surface area contributed by atoms with Gasteiger partial charge in [-0.3, -0.25) is 0 Å². The predicted octanol–water partition coefficient (Wildman–Crippen LogP) is 2.06. The van der Waals surface area contributed by atoms with Crippen LogP contribution in [0.25, 0.3) is 0 Å². The van der Waals surface area contributed by atoms with Crippen molar-refractivity contribution in [3.8, 4) is 0 Å². The molecular weight excluding hydrogens is 281 g/mol. The van der Waals surface area contributed by atoms with Crippen molar-refractivity contribution in [2.24, 2.45) is 0 Å². The summed E-state index contributed by atoms with van der Waals surface area (Å²) in [4.78, 5) is 0.0182. The molecule has 7 heteroatoms.